The Morgan fingerprint density at radius 2 is 2.29 bits per heavy atom. The third kappa shape index (κ3) is 3.01. The smallest absolute Gasteiger partial charge is 0.303 e. The highest BCUT2D eigenvalue weighted by Gasteiger charge is 2.10. The van der Waals surface area contributed by atoms with Crippen LogP contribution in [0.1, 0.15) is 12.0 Å². The molecule has 2 heterocycles. The first kappa shape index (κ1) is 12.0. The largest absolute Gasteiger partial charge is 0.481 e. The molecule has 0 aromatic carbocycles. The Hall–Kier alpha value is -1.46. The fourth-order valence-corrected chi connectivity index (χ4v) is 2.52. The molecule has 88 valence electrons. The minimum atomic E-state index is -0.830. The van der Waals surface area contributed by atoms with Crippen LogP contribution in [0.25, 0.3) is 10.6 Å². The second-order valence-corrected chi connectivity index (χ2v) is 5.11. The van der Waals surface area contributed by atoms with Crippen molar-refractivity contribution in [3.8, 4) is 10.6 Å². The van der Waals surface area contributed by atoms with Crippen LogP contribution in [0.15, 0.2) is 24.7 Å². The molecule has 0 radical (unpaired) electrons. The number of aryl methyl sites for hydroxylation is 1. The van der Waals surface area contributed by atoms with E-state index in [-0.39, 0.29) is 6.42 Å². The quantitative estimate of drug-likeness (QED) is 0.926. The third-order valence-corrected chi connectivity index (χ3v) is 3.44. The van der Waals surface area contributed by atoms with E-state index < -0.39 is 5.97 Å². The zero-order valence-corrected chi connectivity index (χ0v) is 10.3. The Balaban J connectivity index is 2.30. The first-order valence-corrected chi connectivity index (χ1v) is 6.12. The monoisotopic (exact) mass is 268 g/mol. The minimum absolute atomic E-state index is 0.0689. The molecule has 0 saturated heterocycles. The molecular weight excluding hydrogens is 260 g/mol. The van der Waals surface area contributed by atoms with Gasteiger partial charge in [0, 0.05) is 12.6 Å². The molecule has 0 atom stereocenters. The molecule has 0 amide bonds. The van der Waals surface area contributed by atoms with Crippen molar-refractivity contribution in [1.29, 1.82) is 0 Å². The molecule has 0 aliphatic rings. The highest BCUT2D eigenvalue weighted by Crippen LogP contribution is 2.31. The van der Waals surface area contributed by atoms with Crippen molar-refractivity contribution in [2.45, 2.75) is 12.8 Å². The van der Waals surface area contributed by atoms with E-state index in [2.05, 4.69) is 9.97 Å². The normalized spacial score (nSPS) is 10.4. The van der Waals surface area contributed by atoms with Crippen LogP contribution >= 0.6 is 22.9 Å². The zero-order valence-electron chi connectivity index (χ0n) is 8.76. The summed E-state index contributed by atoms with van der Waals surface area (Å²) >= 11 is 7.29. The van der Waals surface area contributed by atoms with Gasteiger partial charge in [-0.2, -0.15) is 0 Å². The number of nitrogens with zero attached hydrogens (tertiary/aromatic N) is 2. The van der Waals surface area contributed by atoms with E-state index in [0.29, 0.717) is 10.8 Å². The number of hydrogen-bond donors (Lipinski definition) is 1. The van der Waals surface area contributed by atoms with Gasteiger partial charge in [0.15, 0.2) is 0 Å². The Morgan fingerprint density at radius 1 is 1.47 bits per heavy atom. The lowest BCUT2D eigenvalue weighted by Gasteiger charge is -2.04. The average molecular weight is 269 g/mol. The van der Waals surface area contributed by atoms with Crippen LogP contribution in [-0.4, -0.2) is 21.0 Å². The maximum absolute atomic E-state index is 10.6. The number of carboxylic acids is 1. The van der Waals surface area contributed by atoms with Crippen LogP contribution in [-0.2, 0) is 11.2 Å². The van der Waals surface area contributed by atoms with Gasteiger partial charge in [0.2, 0.25) is 0 Å². The molecule has 0 bridgehead atoms. The van der Waals surface area contributed by atoms with Crippen molar-refractivity contribution in [2.24, 2.45) is 0 Å². The molecule has 0 saturated carbocycles. The number of aliphatic carboxylic acids is 1. The number of rotatable bonds is 4. The van der Waals surface area contributed by atoms with E-state index in [1.54, 1.807) is 12.3 Å². The van der Waals surface area contributed by atoms with E-state index in [1.807, 2.05) is 6.07 Å². The topological polar surface area (TPSA) is 63.1 Å². The molecule has 0 aliphatic carbocycles. The fraction of sp³-hybridized carbons (Fsp3) is 0.182. The summed E-state index contributed by atoms with van der Waals surface area (Å²) in [6.07, 6.45) is 3.59. The van der Waals surface area contributed by atoms with Gasteiger partial charge in [-0.1, -0.05) is 11.6 Å². The van der Waals surface area contributed by atoms with Gasteiger partial charge in [0.1, 0.15) is 6.33 Å². The van der Waals surface area contributed by atoms with Gasteiger partial charge in [-0.05, 0) is 24.1 Å². The van der Waals surface area contributed by atoms with E-state index in [1.165, 1.54) is 17.7 Å². The summed E-state index contributed by atoms with van der Waals surface area (Å²) in [5, 5.41) is 8.68. The summed E-state index contributed by atoms with van der Waals surface area (Å²) < 4.78 is 0.683. The number of carbonyl (C=O) groups is 1. The molecule has 2 aromatic heterocycles. The first-order valence-electron chi connectivity index (χ1n) is 4.93. The standard InChI is InChI=1S/C11H9ClN2O2S/c12-9-3-2-8(17-9)11-7(1-4-10(15)16)5-13-6-14-11/h2-3,5-6H,1,4H2,(H,15,16). The minimum Gasteiger partial charge on any atom is -0.481 e. The second-order valence-electron chi connectivity index (χ2n) is 3.39. The summed E-state index contributed by atoms with van der Waals surface area (Å²) in [5.74, 6) is -0.830. The van der Waals surface area contributed by atoms with Crippen molar-refractivity contribution in [3.05, 3.63) is 34.6 Å². The zero-order chi connectivity index (χ0) is 12.3. The molecule has 2 rings (SSSR count). The van der Waals surface area contributed by atoms with Gasteiger partial charge in [-0.15, -0.1) is 11.3 Å². The summed E-state index contributed by atoms with van der Waals surface area (Å²) in [5.41, 5.74) is 1.59. The van der Waals surface area contributed by atoms with E-state index in [4.69, 9.17) is 16.7 Å². The number of hydrogen-bond acceptors (Lipinski definition) is 4. The van der Waals surface area contributed by atoms with E-state index in [0.717, 1.165) is 16.1 Å². The van der Waals surface area contributed by atoms with Gasteiger partial charge < -0.3 is 5.11 Å². The number of carboxylic acid groups (broad SMARTS) is 1. The van der Waals surface area contributed by atoms with Crippen molar-refractivity contribution in [3.63, 3.8) is 0 Å². The Morgan fingerprint density at radius 3 is 2.94 bits per heavy atom. The van der Waals surface area contributed by atoms with Gasteiger partial charge in [-0.25, -0.2) is 9.97 Å². The maximum atomic E-state index is 10.6. The fourth-order valence-electron chi connectivity index (χ4n) is 1.45. The highest BCUT2D eigenvalue weighted by molar-refractivity contribution is 7.19. The molecule has 0 aliphatic heterocycles. The lowest BCUT2D eigenvalue weighted by Crippen LogP contribution is -2.00. The Kier molecular flexibility index (Phi) is 3.71. The SMILES string of the molecule is O=C(O)CCc1cncnc1-c1ccc(Cl)s1. The molecule has 2 aromatic rings. The molecule has 17 heavy (non-hydrogen) atoms. The number of aromatic nitrogens is 2. The Bertz CT molecular complexity index is 542. The second kappa shape index (κ2) is 5.25. The number of thiophene rings is 1. The molecule has 4 nitrogen and oxygen atoms in total. The summed E-state index contributed by atoms with van der Waals surface area (Å²) in [4.78, 5) is 19.6. The van der Waals surface area contributed by atoms with Crippen LogP contribution in [0, 0.1) is 0 Å². The Labute approximate surface area is 107 Å². The predicted octanol–water partition coefficient (Wildman–Crippen LogP) is 2.88. The lowest BCUT2D eigenvalue weighted by atomic mass is 10.1. The van der Waals surface area contributed by atoms with E-state index in [9.17, 15) is 4.79 Å². The third-order valence-electron chi connectivity index (χ3n) is 2.20. The first-order chi connectivity index (χ1) is 8.16. The molecule has 6 heteroatoms. The van der Waals surface area contributed by atoms with Gasteiger partial charge in [-0.3, -0.25) is 4.79 Å². The van der Waals surface area contributed by atoms with Crippen LogP contribution in [0.2, 0.25) is 4.34 Å². The summed E-state index contributed by atoms with van der Waals surface area (Å²) in [7, 11) is 0. The average Bonchev–Trinajstić information content (AvgIpc) is 2.73. The van der Waals surface area contributed by atoms with E-state index >= 15 is 0 Å². The van der Waals surface area contributed by atoms with Crippen molar-refractivity contribution >= 4 is 28.9 Å². The molecule has 0 unspecified atom stereocenters. The lowest BCUT2D eigenvalue weighted by molar-refractivity contribution is -0.136. The molecule has 1 N–H and O–H groups in total. The van der Waals surface area contributed by atoms with Gasteiger partial charge in [0.05, 0.1) is 14.9 Å². The van der Waals surface area contributed by atoms with Crippen molar-refractivity contribution in [1.82, 2.24) is 9.97 Å². The number of halogens is 1. The molecular formula is C11H9ClN2O2S. The van der Waals surface area contributed by atoms with Gasteiger partial charge in [0.25, 0.3) is 0 Å². The predicted molar refractivity (Wildman–Crippen MR) is 66.3 cm³/mol. The molecule has 0 fully saturated rings. The van der Waals surface area contributed by atoms with Crippen LogP contribution < -0.4 is 0 Å². The molecule has 0 spiro atoms. The van der Waals surface area contributed by atoms with Crippen molar-refractivity contribution < 1.29 is 9.90 Å². The summed E-state index contributed by atoms with van der Waals surface area (Å²) in [6, 6.07) is 3.67. The van der Waals surface area contributed by atoms with Gasteiger partial charge >= 0.3 is 5.97 Å². The van der Waals surface area contributed by atoms with Crippen LogP contribution in [0.3, 0.4) is 0 Å². The van der Waals surface area contributed by atoms with Crippen LogP contribution in [0.5, 0.6) is 0 Å². The summed E-state index contributed by atoms with van der Waals surface area (Å²) in [6.45, 7) is 0. The highest BCUT2D eigenvalue weighted by atomic mass is 35.5. The van der Waals surface area contributed by atoms with Crippen molar-refractivity contribution in [2.75, 3.05) is 0 Å². The van der Waals surface area contributed by atoms with Crippen LogP contribution in [0.4, 0.5) is 0 Å². The maximum Gasteiger partial charge on any atom is 0.303 e.